The third-order valence-electron chi connectivity index (χ3n) is 12.3. The molecule has 1 amide bonds. The number of allylic oxidation sites excluding steroid dienone is 12. The van der Waals surface area contributed by atoms with Crippen molar-refractivity contribution >= 4 is 11.9 Å². The van der Waals surface area contributed by atoms with Gasteiger partial charge in [0.2, 0.25) is 5.91 Å². The van der Waals surface area contributed by atoms with Crippen molar-refractivity contribution in [2.75, 3.05) is 6.61 Å². The van der Waals surface area contributed by atoms with Gasteiger partial charge in [-0.1, -0.05) is 229 Å². The number of nitrogens with one attached hydrogen (secondary N) is 1. The van der Waals surface area contributed by atoms with Gasteiger partial charge < -0.3 is 20.3 Å². The van der Waals surface area contributed by atoms with E-state index in [2.05, 4.69) is 99.0 Å². The Kier molecular flexibility index (Phi) is 50.1. The number of hydrogen-bond donors (Lipinski definition) is 3. The van der Waals surface area contributed by atoms with E-state index in [9.17, 15) is 19.8 Å². The molecule has 3 unspecified atom stereocenters. The quantitative estimate of drug-likeness (QED) is 0.0321. The maximum absolute atomic E-state index is 13.2. The minimum atomic E-state index is -0.798. The summed E-state index contributed by atoms with van der Waals surface area (Å²) in [5.41, 5.74) is 0. The predicted octanol–water partition coefficient (Wildman–Crippen LogP) is 17.0. The molecule has 0 aromatic heterocycles. The average Bonchev–Trinajstić information content (AvgIpc) is 3.30. The Morgan fingerprint density at radius 3 is 1.28 bits per heavy atom. The minimum Gasteiger partial charge on any atom is -0.462 e. The molecule has 3 atom stereocenters. The van der Waals surface area contributed by atoms with Crippen LogP contribution in [0.4, 0.5) is 0 Å². The standard InChI is InChI=1S/C59H105NO5/c1-4-7-10-13-16-19-22-25-27-28-29-30-32-34-37-40-43-46-49-52-59(64)65-55(50-47-44-41-38-35-33-31-26-23-20-17-14-11-8-5-2)53-58(63)60-56(54-61)57(62)51-48-45-42-39-36-24-21-18-15-12-9-6-3/h7,10,16,19,25-27,29-31,34,37,55-57,61-62H,4-6,8-9,11-15,17-18,20-24,28,32-33,35-36,38-54H2,1-3H3,(H,60,63)/b10-7-,19-16-,27-25-,30-29-,31-26+,37-34-. The fourth-order valence-electron chi connectivity index (χ4n) is 8.10. The number of esters is 1. The van der Waals surface area contributed by atoms with E-state index in [1.807, 2.05) is 0 Å². The zero-order valence-corrected chi connectivity index (χ0v) is 42.9. The zero-order valence-electron chi connectivity index (χ0n) is 42.9. The molecule has 0 bridgehead atoms. The molecule has 0 aliphatic carbocycles. The van der Waals surface area contributed by atoms with Crippen LogP contribution in [0.3, 0.4) is 0 Å². The molecule has 0 saturated carbocycles. The number of aliphatic hydroxyl groups excluding tert-OH is 2. The highest BCUT2D eigenvalue weighted by Gasteiger charge is 2.24. The molecule has 3 N–H and O–H groups in total. The second-order valence-corrected chi connectivity index (χ2v) is 18.6. The number of rotatable bonds is 49. The molecule has 6 nitrogen and oxygen atoms in total. The third-order valence-corrected chi connectivity index (χ3v) is 12.3. The van der Waals surface area contributed by atoms with Gasteiger partial charge in [0.1, 0.15) is 6.10 Å². The molecule has 0 saturated heterocycles. The van der Waals surface area contributed by atoms with Crippen LogP contribution >= 0.6 is 0 Å². The Morgan fingerprint density at radius 1 is 0.462 bits per heavy atom. The molecule has 0 aliphatic rings. The average molecular weight is 908 g/mol. The van der Waals surface area contributed by atoms with E-state index in [1.165, 1.54) is 116 Å². The Morgan fingerprint density at radius 2 is 0.831 bits per heavy atom. The number of carbonyl (C=O) groups is 2. The summed E-state index contributed by atoms with van der Waals surface area (Å²) in [6.07, 6.45) is 66.7. The van der Waals surface area contributed by atoms with Gasteiger partial charge >= 0.3 is 5.97 Å². The topological polar surface area (TPSA) is 95.9 Å². The normalized spacial score (nSPS) is 13.7. The molecule has 376 valence electrons. The third kappa shape index (κ3) is 47.6. The molecular weight excluding hydrogens is 803 g/mol. The number of amides is 1. The van der Waals surface area contributed by atoms with Crippen molar-refractivity contribution in [2.24, 2.45) is 0 Å². The van der Waals surface area contributed by atoms with Crippen molar-refractivity contribution in [1.82, 2.24) is 5.32 Å². The Hall–Kier alpha value is -2.70. The lowest BCUT2D eigenvalue weighted by atomic mass is 10.0. The summed E-state index contributed by atoms with van der Waals surface area (Å²) in [7, 11) is 0. The smallest absolute Gasteiger partial charge is 0.306 e. The molecule has 0 aromatic rings. The molecule has 0 aromatic carbocycles. The second kappa shape index (κ2) is 52.3. The van der Waals surface area contributed by atoms with Crippen LogP contribution in [-0.4, -0.2) is 46.9 Å². The van der Waals surface area contributed by atoms with Gasteiger partial charge in [0.25, 0.3) is 0 Å². The summed E-state index contributed by atoms with van der Waals surface area (Å²) in [6.45, 7) is 6.36. The van der Waals surface area contributed by atoms with Crippen LogP contribution in [-0.2, 0) is 14.3 Å². The van der Waals surface area contributed by atoms with Gasteiger partial charge in [-0.3, -0.25) is 9.59 Å². The summed E-state index contributed by atoms with van der Waals surface area (Å²) in [6, 6.07) is -0.714. The lowest BCUT2D eigenvalue weighted by Crippen LogP contribution is -2.46. The number of unbranched alkanes of at least 4 members (excludes halogenated alkanes) is 25. The van der Waals surface area contributed by atoms with Crippen LogP contribution in [0.15, 0.2) is 72.9 Å². The summed E-state index contributed by atoms with van der Waals surface area (Å²) in [5.74, 6) is -0.517. The highest BCUT2D eigenvalue weighted by atomic mass is 16.5. The molecule has 0 spiro atoms. The van der Waals surface area contributed by atoms with E-state index in [4.69, 9.17) is 4.74 Å². The van der Waals surface area contributed by atoms with Gasteiger partial charge in [0.15, 0.2) is 0 Å². The molecule has 6 heteroatoms. The summed E-state index contributed by atoms with van der Waals surface area (Å²) in [4.78, 5) is 26.2. The number of ether oxygens (including phenoxy) is 1. The predicted molar refractivity (Wildman–Crippen MR) is 282 cm³/mol. The van der Waals surface area contributed by atoms with Crippen LogP contribution in [0.2, 0.25) is 0 Å². The monoisotopic (exact) mass is 908 g/mol. The summed E-state index contributed by atoms with van der Waals surface area (Å²) >= 11 is 0. The van der Waals surface area contributed by atoms with Gasteiger partial charge in [0.05, 0.1) is 25.2 Å². The maximum Gasteiger partial charge on any atom is 0.306 e. The lowest BCUT2D eigenvalue weighted by molar-refractivity contribution is -0.151. The molecule has 0 rings (SSSR count). The minimum absolute atomic E-state index is 0.0566. The first-order valence-corrected chi connectivity index (χ1v) is 27.7. The van der Waals surface area contributed by atoms with Crippen LogP contribution in [0.5, 0.6) is 0 Å². The fourth-order valence-corrected chi connectivity index (χ4v) is 8.10. The molecule has 65 heavy (non-hydrogen) atoms. The highest BCUT2D eigenvalue weighted by molar-refractivity contribution is 5.77. The van der Waals surface area contributed by atoms with Crippen LogP contribution in [0.1, 0.15) is 265 Å². The van der Waals surface area contributed by atoms with Crippen molar-refractivity contribution in [3.05, 3.63) is 72.9 Å². The largest absolute Gasteiger partial charge is 0.462 e. The number of aliphatic hydroxyl groups is 2. The van der Waals surface area contributed by atoms with Crippen molar-refractivity contribution in [1.29, 1.82) is 0 Å². The first kappa shape index (κ1) is 62.3. The number of hydrogen-bond acceptors (Lipinski definition) is 5. The second-order valence-electron chi connectivity index (χ2n) is 18.6. The molecule has 0 fully saturated rings. The van der Waals surface area contributed by atoms with E-state index < -0.39 is 18.2 Å². The van der Waals surface area contributed by atoms with Crippen LogP contribution in [0.25, 0.3) is 0 Å². The van der Waals surface area contributed by atoms with Gasteiger partial charge in [-0.25, -0.2) is 0 Å². The van der Waals surface area contributed by atoms with Crippen molar-refractivity contribution < 1.29 is 24.5 Å². The van der Waals surface area contributed by atoms with E-state index in [1.54, 1.807) is 0 Å². The first-order chi connectivity index (χ1) is 32.0. The fraction of sp³-hybridized carbons (Fsp3) is 0.763. The summed E-state index contributed by atoms with van der Waals surface area (Å²) < 4.78 is 5.94. The van der Waals surface area contributed by atoms with Gasteiger partial charge in [-0.05, 0) is 96.3 Å². The zero-order chi connectivity index (χ0) is 47.4. The van der Waals surface area contributed by atoms with Crippen LogP contribution < -0.4 is 5.32 Å². The Labute approximate surface area is 402 Å². The van der Waals surface area contributed by atoms with E-state index in [0.29, 0.717) is 19.3 Å². The molecule has 0 radical (unpaired) electrons. The lowest BCUT2D eigenvalue weighted by Gasteiger charge is -2.24. The molecule has 0 heterocycles. The van der Waals surface area contributed by atoms with Crippen molar-refractivity contribution in [2.45, 2.75) is 283 Å². The van der Waals surface area contributed by atoms with Gasteiger partial charge in [-0.15, -0.1) is 0 Å². The Balaban J connectivity index is 4.65. The highest BCUT2D eigenvalue weighted by Crippen LogP contribution is 2.18. The van der Waals surface area contributed by atoms with Gasteiger partial charge in [0, 0.05) is 6.42 Å². The van der Waals surface area contributed by atoms with Crippen molar-refractivity contribution in [3.63, 3.8) is 0 Å². The van der Waals surface area contributed by atoms with E-state index in [-0.39, 0.29) is 24.9 Å². The summed E-state index contributed by atoms with van der Waals surface area (Å²) in [5, 5.41) is 23.8. The van der Waals surface area contributed by atoms with Gasteiger partial charge in [-0.2, -0.15) is 0 Å². The Bertz CT molecular complexity index is 1200. The SMILES string of the molecule is CC/C=C\C/C=C\C/C=C\C/C=C\C/C=C\CCCCCC(=O)OC(CCCCCCC/C=C/CCCCCCCC)CC(=O)NC(CO)C(O)CCCCCCCCCCCCCC. The van der Waals surface area contributed by atoms with E-state index >= 15 is 0 Å². The molecule has 0 aliphatic heterocycles. The van der Waals surface area contributed by atoms with E-state index in [0.717, 1.165) is 103 Å². The van der Waals surface area contributed by atoms with Crippen LogP contribution in [0, 0.1) is 0 Å². The first-order valence-electron chi connectivity index (χ1n) is 27.7. The van der Waals surface area contributed by atoms with Crippen molar-refractivity contribution in [3.8, 4) is 0 Å². The maximum atomic E-state index is 13.2. The number of carbonyl (C=O) groups excluding carboxylic acids is 2. The molecular formula is C59H105NO5.